The van der Waals surface area contributed by atoms with Gasteiger partial charge in [0, 0.05) is 35.8 Å². The van der Waals surface area contributed by atoms with E-state index in [2.05, 4.69) is 34.6 Å². The molecule has 23 heavy (non-hydrogen) atoms. The average molecular weight is 325 g/mol. The van der Waals surface area contributed by atoms with Gasteiger partial charge in [-0.1, -0.05) is 18.2 Å². The molecule has 4 nitrogen and oxygen atoms in total. The van der Waals surface area contributed by atoms with Crippen molar-refractivity contribution in [3.05, 3.63) is 54.7 Å². The average Bonchev–Trinajstić information content (AvgIpc) is 3.06. The van der Waals surface area contributed by atoms with Crippen LogP contribution in [0.15, 0.2) is 59.6 Å². The molecule has 5 heteroatoms. The Morgan fingerprint density at radius 2 is 1.70 bits per heavy atom. The van der Waals surface area contributed by atoms with Crippen LogP contribution in [0.3, 0.4) is 0 Å². The van der Waals surface area contributed by atoms with Gasteiger partial charge in [0.15, 0.2) is 4.90 Å². The lowest BCUT2D eigenvalue weighted by atomic mass is 10.1. The van der Waals surface area contributed by atoms with E-state index in [0.29, 0.717) is 0 Å². The van der Waals surface area contributed by atoms with Crippen molar-refractivity contribution in [2.75, 3.05) is 26.2 Å². The predicted octanol–water partition coefficient (Wildman–Crippen LogP) is 2.76. The van der Waals surface area contributed by atoms with Crippen LogP contribution in [0, 0.1) is 0 Å². The van der Waals surface area contributed by atoms with Crippen LogP contribution in [-0.4, -0.2) is 40.0 Å². The molecule has 1 saturated heterocycles. The number of nitrogens with zero attached hydrogens (tertiary/aromatic N) is 1. The molecule has 2 N–H and O–H groups in total. The topological polar surface area (TPSA) is 54.1 Å². The van der Waals surface area contributed by atoms with E-state index in [4.69, 9.17) is 0 Å². The van der Waals surface area contributed by atoms with Crippen LogP contribution in [0.25, 0.3) is 22.0 Å². The Morgan fingerprint density at radius 1 is 0.957 bits per heavy atom. The Morgan fingerprint density at radius 3 is 2.48 bits per heavy atom. The molecule has 1 unspecified atom stereocenters. The van der Waals surface area contributed by atoms with E-state index in [1.54, 1.807) is 0 Å². The second kappa shape index (κ2) is 6.37. The van der Waals surface area contributed by atoms with E-state index in [1.165, 1.54) is 10.9 Å². The first-order valence-electron chi connectivity index (χ1n) is 7.87. The van der Waals surface area contributed by atoms with Gasteiger partial charge >= 0.3 is 0 Å². The minimum absolute atomic E-state index is 0.830. The van der Waals surface area contributed by atoms with Crippen molar-refractivity contribution in [2.24, 2.45) is 0 Å². The fourth-order valence-corrected chi connectivity index (χ4v) is 4.20. The van der Waals surface area contributed by atoms with Crippen LogP contribution in [0.5, 0.6) is 0 Å². The summed E-state index contributed by atoms with van der Waals surface area (Å²) in [5.41, 5.74) is 3.46. The highest BCUT2D eigenvalue weighted by Crippen LogP contribution is 2.29. The highest BCUT2D eigenvalue weighted by atomic mass is 32.2. The molecule has 0 aliphatic carbocycles. The number of hydrogen-bond acceptors (Lipinski definition) is 3. The number of H-pyrrole nitrogens is 1. The van der Waals surface area contributed by atoms with E-state index >= 15 is 0 Å². The molecule has 4 rings (SSSR count). The van der Waals surface area contributed by atoms with Gasteiger partial charge in [-0.15, -0.1) is 4.31 Å². The van der Waals surface area contributed by atoms with Crippen molar-refractivity contribution in [2.45, 2.75) is 4.90 Å². The molecule has 118 valence electrons. The number of aromatic nitrogens is 1. The van der Waals surface area contributed by atoms with Gasteiger partial charge in [0.1, 0.15) is 0 Å². The van der Waals surface area contributed by atoms with Gasteiger partial charge in [-0.25, -0.2) is 0 Å². The second-order valence-corrected chi connectivity index (χ2v) is 7.19. The number of fused-ring (bicyclic) bond motifs is 1. The van der Waals surface area contributed by atoms with Crippen molar-refractivity contribution in [3.8, 4) is 11.1 Å². The first-order valence-corrected chi connectivity index (χ1v) is 8.98. The molecule has 3 aromatic rings. The number of rotatable bonds is 3. The van der Waals surface area contributed by atoms with Gasteiger partial charge in [-0.3, -0.25) is 0 Å². The largest absolute Gasteiger partial charge is 0.593 e. The Bertz CT molecular complexity index is 793. The minimum atomic E-state index is -1.07. The molecular weight excluding hydrogens is 306 g/mol. The van der Waals surface area contributed by atoms with Gasteiger partial charge in [0.25, 0.3) is 0 Å². The molecule has 0 amide bonds. The summed E-state index contributed by atoms with van der Waals surface area (Å²) in [6, 6.07) is 16.4. The number of para-hydroxylation sites is 1. The predicted molar refractivity (Wildman–Crippen MR) is 94.6 cm³/mol. The van der Waals surface area contributed by atoms with Gasteiger partial charge in [-0.05, 0) is 35.9 Å². The molecule has 1 aromatic heterocycles. The lowest BCUT2D eigenvalue weighted by Crippen LogP contribution is -2.46. The summed E-state index contributed by atoms with van der Waals surface area (Å²) in [5.74, 6) is 0. The Hall–Kier alpha value is -1.79. The van der Waals surface area contributed by atoms with Gasteiger partial charge in [0.05, 0.1) is 24.5 Å². The maximum absolute atomic E-state index is 12.6. The first kappa shape index (κ1) is 14.8. The standard InChI is InChI=1S/C18H19N3OS/c22-23(21-11-9-19-10-12-21)15-7-5-14(6-8-15)17-13-20-18-4-2-1-3-16(17)18/h1-8,13,19-20H,9-12H2. The summed E-state index contributed by atoms with van der Waals surface area (Å²) < 4.78 is 14.6. The Kier molecular flexibility index (Phi) is 4.10. The maximum Gasteiger partial charge on any atom is 0.174 e. The van der Waals surface area contributed by atoms with E-state index in [-0.39, 0.29) is 0 Å². The first-order chi connectivity index (χ1) is 11.3. The summed E-state index contributed by atoms with van der Waals surface area (Å²) in [6.45, 7) is 3.46. The molecule has 1 atom stereocenters. The van der Waals surface area contributed by atoms with E-state index in [9.17, 15) is 4.55 Å². The quantitative estimate of drug-likeness (QED) is 0.728. The van der Waals surface area contributed by atoms with E-state index in [0.717, 1.165) is 42.2 Å². The zero-order valence-electron chi connectivity index (χ0n) is 12.8. The normalized spacial score (nSPS) is 17.4. The second-order valence-electron chi connectivity index (χ2n) is 5.70. The molecule has 1 aliphatic heterocycles. The van der Waals surface area contributed by atoms with Gasteiger partial charge < -0.3 is 14.9 Å². The molecule has 0 spiro atoms. The van der Waals surface area contributed by atoms with Crippen molar-refractivity contribution in [1.82, 2.24) is 14.6 Å². The third kappa shape index (κ3) is 2.88. The van der Waals surface area contributed by atoms with Crippen LogP contribution in [0.2, 0.25) is 0 Å². The number of hydrogen-bond donors (Lipinski definition) is 2. The van der Waals surface area contributed by atoms with Crippen LogP contribution in [-0.2, 0) is 11.4 Å². The molecule has 1 aliphatic rings. The van der Waals surface area contributed by atoms with Crippen LogP contribution >= 0.6 is 0 Å². The maximum atomic E-state index is 12.6. The SMILES string of the molecule is [O-][S+](c1ccc(-c2c[nH]c3ccccc23)cc1)N1CCNCC1. The zero-order valence-corrected chi connectivity index (χ0v) is 13.6. The fourth-order valence-electron chi connectivity index (χ4n) is 3.02. The Labute approximate surface area is 138 Å². The summed E-state index contributed by atoms with van der Waals surface area (Å²) in [7, 11) is 0. The van der Waals surface area contributed by atoms with Crippen LogP contribution in [0.1, 0.15) is 0 Å². The number of aromatic amines is 1. The van der Waals surface area contributed by atoms with Crippen molar-refractivity contribution < 1.29 is 4.55 Å². The molecule has 2 aromatic carbocycles. The molecule has 2 heterocycles. The third-order valence-corrected chi connectivity index (χ3v) is 5.78. The number of nitrogens with one attached hydrogen (secondary N) is 2. The smallest absolute Gasteiger partial charge is 0.174 e. The number of piperazine rings is 1. The molecule has 0 radical (unpaired) electrons. The zero-order chi connectivity index (χ0) is 15.6. The lowest BCUT2D eigenvalue weighted by molar-refractivity contribution is 0.360. The van der Waals surface area contributed by atoms with Gasteiger partial charge in [0.2, 0.25) is 0 Å². The molecular formula is C18H19N3OS. The molecule has 0 bridgehead atoms. The van der Waals surface area contributed by atoms with Gasteiger partial charge in [-0.2, -0.15) is 0 Å². The van der Waals surface area contributed by atoms with Crippen molar-refractivity contribution in [1.29, 1.82) is 0 Å². The monoisotopic (exact) mass is 325 g/mol. The van der Waals surface area contributed by atoms with E-state index in [1.807, 2.05) is 34.8 Å². The Balaban J connectivity index is 1.60. The number of benzene rings is 2. The van der Waals surface area contributed by atoms with Crippen molar-refractivity contribution in [3.63, 3.8) is 0 Å². The molecule has 1 fully saturated rings. The summed E-state index contributed by atoms with van der Waals surface area (Å²) in [4.78, 5) is 4.17. The minimum Gasteiger partial charge on any atom is -0.593 e. The van der Waals surface area contributed by atoms with Crippen molar-refractivity contribution >= 4 is 22.3 Å². The fraction of sp³-hybridized carbons (Fsp3) is 0.222. The third-order valence-electron chi connectivity index (χ3n) is 4.27. The summed E-state index contributed by atoms with van der Waals surface area (Å²) in [6.07, 6.45) is 2.03. The lowest BCUT2D eigenvalue weighted by Gasteiger charge is -2.27. The molecule has 0 saturated carbocycles. The highest BCUT2D eigenvalue weighted by Gasteiger charge is 2.24. The van der Waals surface area contributed by atoms with E-state index < -0.39 is 11.4 Å². The summed E-state index contributed by atoms with van der Waals surface area (Å²) >= 11 is -1.07. The summed E-state index contributed by atoms with van der Waals surface area (Å²) in [5, 5.41) is 4.50. The van der Waals surface area contributed by atoms with Crippen LogP contribution in [0.4, 0.5) is 0 Å². The highest BCUT2D eigenvalue weighted by molar-refractivity contribution is 7.89. The van der Waals surface area contributed by atoms with Crippen LogP contribution < -0.4 is 5.32 Å².